The number of esters is 1. The third kappa shape index (κ3) is 3.72. The number of likely N-dealkylation sites (tertiary alicyclic amines) is 1. The van der Waals surface area contributed by atoms with Crippen LogP contribution < -0.4 is 0 Å². The molecule has 4 aliphatic carbocycles. The number of hydrogen-bond acceptors (Lipinski definition) is 5. The molecule has 5 aliphatic rings. The van der Waals surface area contributed by atoms with Crippen molar-refractivity contribution in [1.82, 2.24) is 4.90 Å². The van der Waals surface area contributed by atoms with Crippen LogP contribution in [-0.4, -0.2) is 47.7 Å². The van der Waals surface area contributed by atoms with Gasteiger partial charge in [0.1, 0.15) is 0 Å². The van der Waals surface area contributed by atoms with E-state index in [1.807, 2.05) is 6.08 Å². The van der Waals surface area contributed by atoms with E-state index in [0.717, 1.165) is 58.2 Å². The lowest BCUT2D eigenvalue weighted by atomic mass is 9.46. The van der Waals surface area contributed by atoms with E-state index in [0.29, 0.717) is 42.8 Å². The van der Waals surface area contributed by atoms with Gasteiger partial charge in [-0.05, 0) is 100 Å². The van der Waals surface area contributed by atoms with Gasteiger partial charge in [-0.3, -0.25) is 14.4 Å². The zero-order chi connectivity index (χ0) is 24.1. The second-order valence-corrected chi connectivity index (χ2v) is 12.5. The first-order valence-electron chi connectivity index (χ1n) is 13.9. The van der Waals surface area contributed by atoms with Gasteiger partial charge in [-0.2, -0.15) is 0 Å². The molecular formula is C29H43NO4. The number of nitrogens with zero attached hydrogens (tertiary/aromatic N) is 1. The summed E-state index contributed by atoms with van der Waals surface area (Å²) >= 11 is 0. The summed E-state index contributed by atoms with van der Waals surface area (Å²) < 4.78 is 6.14. The van der Waals surface area contributed by atoms with Gasteiger partial charge in [0.2, 0.25) is 0 Å². The lowest BCUT2D eigenvalue weighted by molar-refractivity contribution is -0.188. The van der Waals surface area contributed by atoms with Crippen molar-refractivity contribution in [3.05, 3.63) is 11.6 Å². The van der Waals surface area contributed by atoms with E-state index in [2.05, 4.69) is 18.7 Å². The van der Waals surface area contributed by atoms with E-state index < -0.39 is 5.60 Å². The summed E-state index contributed by atoms with van der Waals surface area (Å²) in [6, 6.07) is 0. The molecule has 0 N–H and O–H groups in total. The van der Waals surface area contributed by atoms with E-state index in [9.17, 15) is 14.4 Å². The Bertz CT molecular complexity index is 889. The summed E-state index contributed by atoms with van der Waals surface area (Å²) in [6.07, 6.45) is 13.5. The molecule has 1 heterocycles. The van der Waals surface area contributed by atoms with Gasteiger partial charge in [-0.1, -0.05) is 25.8 Å². The van der Waals surface area contributed by atoms with Crippen LogP contribution in [0.15, 0.2) is 11.6 Å². The highest BCUT2D eigenvalue weighted by Crippen LogP contribution is 2.68. The second kappa shape index (κ2) is 8.87. The van der Waals surface area contributed by atoms with E-state index in [1.54, 1.807) is 0 Å². The van der Waals surface area contributed by atoms with Crippen molar-refractivity contribution in [2.45, 2.75) is 103 Å². The Balaban J connectivity index is 1.40. The molecule has 188 valence electrons. The summed E-state index contributed by atoms with van der Waals surface area (Å²) in [7, 11) is 0. The number of fused-ring (bicyclic) bond motifs is 5. The maximum Gasteiger partial charge on any atom is 0.303 e. The normalized spacial score (nSPS) is 42.3. The third-order valence-electron chi connectivity index (χ3n) is 11.0. The highest BCUT2D eigenvalue weighted by molar-refractivity contribution is 5.92. The molecule has 6 atom stereocenters. The standard InChI is InChI=1S/C29H43NO4/c1-20(31)34-29(26(33)12-18-30-16-5-4-6-17-30)15-11-25-23-8-7-21-19-22(32)9-13-27(21,2)24(23)10-14-28(25,29)3/h19,23-25H,4-18H2,1-3H3/t23-,24+,25+,27+,28+,29+/m1/s1. The molecule has 0 bridgehead atoms. The van der Waals surface area contributed by atoms with Crippen LogP contribution in [0, 0.1) is 28.6 Å². The van der Waals surface area contributed by atoms with Crippen molar-refractivity contribution >= 4 is 17.5 Å². The minimum absolute atomic E-state index is 0.114. The molecule has 5 nitrogen and oxygen atoms in total. The maximum atomic E-state index is 13.9. The van der Waals surface area contributed by atoms with E-state index in [-0.39, 0.29) is 22.6 Å². The van der Waals surface area contributed by atoms with Crippen molar-refractivity contribution in [2.24, 2.45) is 28.6 Å². The Morgan fingerprint density at radius 1 is 1.00 bits per heavy atom. The fourth-order valence-corrected chi connectivity index (χ4v) is 9.13. The molecule has 1 saturated heterocycles. The molecule has 1 aliphatic heterocycles. The first-order chi connectivity index (χ1) is 16.2. The van der Waals surface area contributed by atoms with Gasteiger partial charge in [0.15, 0.2) is 17.2 Å². The monoisotopic (exact) mass is 469 g/mol. The van der Waals surface area contributed by atoms with Crippen LogP contribution in [0.3, 0.4) is 0 Å². The number of rotatable bonds is 5. The van der Waals surface area contributed by atoms with Crippen LogP contribution in [0.25, 0.3) is 0 Å². The van der Waals surface area contributed by atoms with Crippen molar-refractivity contribution in [1.29, 1.82) is 0 Å². The minimum Gasteiger partial charge on any atom is -0.451 e. The molecular weight excluding hydrogens is 426 g/mol. The Morgan fingerprint density at radius 3 is 2.47 bits per heavy atom. The summed E-state index contributed by atoms with van der Waals surface area (Å²) in [6.45, 7) is 9.07. The van der Waals surface area contributed by atoms with Crippen molar-refractivity contribution in [2.75, 3.05) is 19.6 Å². The Labute approximate surface area is 205 Å². The SMILES string of the molecule is CC(=O)O[C@]1(C(=O)CCN2CCCCC2)CC[C@H]2[C@@H]3CCC4=CC(=O)CC[C@]4(C)[C@H]3CC[C@@]21C. The second-order valence-electron chi connectivity index (χ2n) is 12.5. The topological polar surface area (TPSA) is 63.7 Å². The van der Waals surface area contributed by atoms with E-state index >= 15 is 0 Å². The number of ketones is 2. The average molecular weight is 470 g/mol. The van der Waals surface area contributed by atoms with Gasteiger partial charge in [-0.15, -0.1) is 0 Å². The fourth-order valence-electron chi connectivity index (χ4n) is 9.13. The zero-order valence-electron chi connectivity index (χ0n) is 21.5. The third-order valence-corrected chi connectivity index (χ3v) is 11.0. The summed E-state index contributed by atoms with van der Waals surface area (Å²) in [5, 5.41) is 0. The van der Waals surface area contributed by atoms with Gasteiger partial charge in [-0.25, -0.2) is 0 Å². The van der Waals surface area contributed by atoms with Crippen molar-refractivity contribution < 1.29 is 19.1 Å². The zero-order valence-corrected chi connectivity index (χ0v) is 21.5. The molecule has 5 rings (SSSR count). The van der Waals surface area contributed by atoms with Crippen molar-refractivity contribution in [3.8, 4) is 0 Å². The number of allylic oxidation sites excluding steroid dienone is 1. The Kier molecular flexibility index (Phi) is 6.32. The molecule has 5 heteroatoms. The van der Waals surface area contributed by atoms with Gasteiger partial charge in [0.25, 0.3) is 0 Å². The molecule has 0 aromatic carbocycles. The Hall–Kier alpha value is -1.49. The van der Waals surface area contributed by atoms with E-state index in [1.165, 1.54) is 31.8 Å². The largest absolute Gasteiger partial charge is 0.451 e. The molecule has 34 heavy (non-hydrogen) atoms. The maximum absolute atomic E-state index is 13.9. The molecule has 3 saturated carbocycles. The average Bonchev–Trinajstić information content (AvgIpc) is 3.11. The predicted octanol–water partition coefficient (Wildman–Crippen LogP) is 5.27. The lowest BCUT2D eigenvalue weighted by Crippen LogP contribution is -2.59. The first-order valence-corrected chi connectivity index (χ1v) is 13.9. The Morgan fingerprint density at radius 2 is 1.74 bits per heavy atom. The van der Waals surface area contributed by atoms with Crippen LogP contribution in [0.4, 0.5) is 0 Å². The van der Waals surface area contributed by atoms with Gasteiger partial charge < -0.3 is 9.64 Å². The number of ether oxygens (including phenoxy) is 1. The number of piperidine rings is 1. The highest BCUT2D eigenvalue weighted by Gasteiger charge is 2.68. The molecule has 0 spiro atoms. The number of carbonyl (C=O) groups excluding carboxylic acids is 3. The summed E-state index contributed by atoms with van der Waals surface area (Å²) in [5.41, 5.74) is 0.226. The summed E-state index contributed by atoms with van der Waals surface area (Å²) in [4.78, 5) is 40.8. The predicted molar refractivity (Wildman–Crippen MR) is 131 cm³/mol. The number of carbonyl (C=O) groups is 3. The van der Waals surface area contributed by atoms with Crippen LogP contribution in [-0.2, 0) is 19.1 Å². The molecule has 0 radical (unpaired) electrons. The fraction of sp³-hybridized carbons (Fsp3) is 0.828. The first kappa shape index (κ1) is 24.2. The van der Waals surface area contributed by atoms with E-state index in [4.69, 9.17) is 4.74 Å². The highest BCUT2D eigenvalue weighted by atomic mass is 16.6. The molecule has 0 unspecified atom stereocenters. The van der Waals surface area contributed by atoms with Crippen LogP contribution in [0.2, 0.25) is 0 Å². The number of Topliss-reactive ketones (excluding diaryl/α,β-unsaturated/α-hetero) is 1. The number of hydrogen-bond donors (Lipinski definition) is 0. The summed E-state index contributed by atoms with van der Waals surface area (Å²) in [5.74, 6) is 1.64. The van der Waals surface area contributed by atoms with Crippen molar-refractivity contribution in [3.63, 3.8) is 0 Å². The molecule has 0 aromatic heterocycles. The van der Waals surface area contributed by atoms with Gasteiger partial charge >= 0.3 is 5.97 Å². The van der Waals surface area contributed by atoms with Gasteiger partial charge in [0, 0.05) is 31.7 Å². The molecule has 0 aromatic rings. The van der Waals surface area contributed by atoms with Crippen LogP contribution in [0.1, 0.15) is 97.8 Å². The minimum atomic E-state index is -0.968. The quantitative estimate of drug-likeness (QED) is 0.514. The smallest absolute Gasteiger partial charge is 0.303 e. The lowest BCUT2D eigenvalue weighted by Gasteiger charge is -2.59. The molecule has 0 amide bonds. The van der Waals surface area contributed by atoms with Crippen LogP contribution in [0.5, 0.6) is 0 Å². The van der Waals surface area contributed by atoms with Gasteiger partial charge in [0.05, 0.1) is 0 Å². The van der Waals surface area contributed by atoms with Crippen LogP contribution >= 0.6 is 0 Å². The molecule has 4 fully saturated rings.